The Labute approximate surface area is 102 Å². The SMILES string of the molecule is C=CC(=O)n1c(C)cc(=O)c(CC)c1CCC. The quantitative estimate of drug-likeness (QED) is 0.749. The van der Waals surface area contributed by atoms with Gasteiger partial charge < -0.3 is 0 Å². The van der Waals surface area contributed by atoms with E-state index in [4.69, 9.17) is 0 Å². The lowest BCUT2D eigenvalue weighted by atomic mass is 10.0. The molecule has 3 nitrogen and oxygen atoms in total. The zero-order chi connectivity index (χ0) is 13.0. The minimum atomic E-state index is -0.166. The summed E-state index contributed by atoms with van der Waals surface area (Å²) in [7, 11) is 0. The molecule has 0 N–H and O–H groups in total. The molecule has 17 heavy (non-hydrogen) atoms. The Morgan fingerprint density at radius 2 is 2.12 bits per heavy atom. The number of allylic oxidation sites excluding steroid dienone is 1. The van der Waals surface area contributed by atoms with Crippen molar-refractivity contribution >= 4 is 5.91 Å². The first kappa shape index (κ1) is 13.4. The van der Waals surface area contributed by atoms with Gasteiger partial charge in [0, 0.05) is 23.0 Å². The largest absolute Gasteiger partial charge is 0.290 e. The van der Waals surface area contributed by atoms with Gasteiger partial charge in [0.2, 0.25) is 0 Å². The third kappa shape index (κ3) is 2.54. The Kier molecular flexibility index (Phi) is 4.44. The summed E-state index contributed by atoms with van der Waals surface area (Å²) in [5.41, 5.74) is 2.29. The Morgan fingerprint density at radius 1 is 1.47 bits per heavy atom. The maximum atomic E-state index is 11.9. The lowest BCUT2D eigenvalue weighted by Crippen LogP contribution is -2.24. The van der Waals surface area contributed by atoms with E-state index in [9.17, 15) is 9.59 Å². The summed E-state index contributed by atoms with van der Waals surface area (Å²) < 4.78 is 1.61. The van der Waals surface area contributed by atoms with Gasteiger partial charge >= 0.3 is 0 Å². The first-order valence-electron chi connectivity index (χ1n) is 5.97. The van der Waals surface area contributed by atoms with E-state index >= 15 is 0 Å². The number of rotatable bonds is 4. The van der Waals surface area contributed by atoms with Gasteiger partial charge in [-0.3, -0.25) is 14.2 Å². The Hall–Kier alpha value is -1.64. The van der Waals surface area contributed by atoms with Crippen LogP contribution in [0.2, 0.25) is 0 Å². The molecule has 0 fully saturated rings. The molecule has 0 saturated carbocycles. The van der Waals surface area contributed by atoms with Gasteiger partial charge in [-0.25, -0.2) is 0 Å². The van der Waals surface area contributed by atoms with Crippen LogP contribution in [0, 0.1) is 6.92 Å². The maximum absolute atomic E-state index is 11.9. The third-order valence-electron chi connectivity index (χ3n) is 2.84. The van der Waals surface area contributed by atoms with Crippen LogP contribution in [0.4, 0.5) is 0 Å². The van der Waals surface area contributed by atoms with Crippen molar-refractivity contribution in [1.29, 1.82) is 0 Å². The second-order valence-corrected chi connectivity index (χ2v) is 4.06. The van der Waals surface area contributed by atoms with Crippen LogP contribution in [0.5, 0.6) is 0 Å². The van der Waals surface area contributed by atoms with Crippen LogP contribution in [0.3, 0.4) is 0 Å². The molecule has 0 radical (unpaired) electrons. The van der Waals surface area contributed by atoms with Crippen LogP contribution in [0.1, 0.15) is 42.0 Å². The van der Waals surface area contributed by atoms with E-state index in [0.29, 0.717) is 12.1 Å². The molecule has 1 heterocycles. The summed E-state index contributed by atoms with van der Waals surface area (Å²) in [4.78, 5) is 23.7. The predicted octanol–water partition coefficient (Wildman–Crippen LogP) is 2.50. The molecule has 3 heteroatoms. The lowest BCUT2D eigenvalue weighted by molar-refractivity contribution is 0.0963. The highest BCUT2D eigenvalue weighted by molar-refractivity contribution is 5.90. The molecule has 0 aliphatic rings. The summed E-state index contributed by atoms with van der Waals surface area (Å²) in [6.07, 6.45) is 3.58. The Balaban J connectivity index is 3.60. The smallest absolute Gasteiger partial charge is 0.254 e. The average molecular weight is 233 g/mol. The number of hydrogen-bond acceptors (Lipinski definition) is 2. The van der Waals surface area contributed by atoms with Gasteiger partial charge in [0.15, 0.2) is 5.43 Å². The highest BCUT2D eigenvalue weighted by atomic mass is 16.2. The van der Waals surface area contributed by atoms with Gasteiger partial charge in [-0.15, -0.1) is 0 Å². The van der Waals surface area contributed by atoms with Crippen LogP contribution in [-0.2, 0) is 12.8 Å². The molecule has 0 spiro atoms. The summed E-state index contributed by atoms with van der Waals surface area (Å²) in [6, 6.07) is 1.53. The minimum Gasteiger partial charge on any atom is -0.290 e. The van der Waals surface area contributed by atoms with E-state index in [1.807, 2.05) is 13.8 Å². The molecule has 0 amide bonds. The summed E-state index contributed by atoms with van der Waals surface area (Å²) in [5.74, 6) is -0.166. The normalized spacial score (nSPS) is 10.3. The number of pyridine rings is 1. The fraction of sp³-hybridized carbons (Fsp3) is 0.429. The molecule has 92 valence electrons. The second-order valence-electron chi connectivity index (χ2n) is 4.06. The van der Waals surface area contributed by atoms with Gasteiger partial charge in [0.25, 0.3) is 5.91 Å². The fourth-order valence-electron chi connectivity index (χ4n) is 2.11. The van der Waals surface area contributed by atoms with Gasteiger partial charge in [-0.05, 0) is 25.8 Å². The first-order valence-corrected chi connectivity index (χ1v) is 5.97. The number of carbonyl (C=O) groups excluding carboxylic acids is 1. The predicted molar refractivity (Wildman–Crippen MR) is 69.6 cm³/mol. The molecule has 0 saturated heterocycles. The van der Waals surface area contributed by atoms with Crippen LogP contribution in [0.15, 0.2) is 23.5 Å². The molecule has 0 atom stereocenters. The van der Waals surface area contributed by atoms with Gasteiger partial charge in [0.1, 0.15) is 0 Å². The van der Waals surface area contributed by atoms with Gasteiger partial charge in [-0.1, -0.05) is 26.8 Å². The number of nitrogens with zero attached hydrogens (tertiary/aromatic N) is 1. The van der Waals surface area contributed by atoms with E-state index in [0.717, 1.165) is 24.1 Å². The fourth-order valence-corrected chi connectivity index (χ4v) is 2.11. The second kappa shape index (κ2) is 5.62. The van der Waals surface area contributed by atoms with Crippen molar-refractivity contribution in [3.8, 4) is 0 Å². The minimum absolute atomic E-state index is 0.0292. The van der Waals surface area contributed by atoms with E-state index in [2.05, 4.69) is 6.58 Å². The molecule has 0 unspecified atom stereocenters. The Bertz CT molecular complexity index is 498. The average Bonchev–Trinajstić information content (AvgIpc) is 2.29. The number of hydrogen-bond donors (Lipinski definition) is 0. The number of carbonyl (C=O) groups is 1. The van der Waals surface area contributed by atoms with Gasteiger partial charge in [0.05, 0.1) is 0 Å². The Morgan fingerprint density at radius 3 is 2.59 bits per heavy atom. The van der Waals surface area contributed by atoms with Crippen LogP contribution < -0.4 is 5.43 Å². The van der Waals surface area contributed by atoms with Crippen molar-refractivity contribution in [2.45, 2.75) is 40.0 Å². The maximum Gasteiger partial charge on any atom is 0.254 e. The topological polar surface area (TPSA) is 39.1 Å². The third-order valence-corrected chi connectivity index (χ3v) is 2.84. The highest BCUT2D eigenvalue weighted by Crippen LogP contribution is 2.12. The van der Waals surface area contributed by atoms with Crippen LogP contribution in [0.25, 0.3) is 0 Å². The van der Waals surface area contributed by atoms with Gasteiger partial charge in [-0.2, -0.15) is 0 Å². The van der Waals surface area contributed by atoms with Crippen LogP contribution in [-0.4, -0.2) is 10.5 Å². The van der Waals surface area contributed by atoms with E-state index in [1.54, 1.807) is 11.5 Å². The molecular formula is C14H19NO2. The highest BCUT2D eigenvalue weighted by Gasteiger charge is 2.14. The number of aromatic nitrogens is 1. The monoisotopic (exact) mass is 233 g/mol. The molecule has 1 aromatic rings. The summed E-state index contributed by atoms with van der Waals surface area (Å²) in [6.45, 7) is 9.26. The van der Waals surface area contributed by atoms with Crippen molar-refractivity contribution in [3.05, 3.63) is 45.9 Å². The molecular weight excluding hydrogens is 214 g/mol. The molecule has 0 aliphatic heterocycles. The number of aryl methyl sites for hydroxylation is 1. The van der Waals surface area contributed by atoms with Crippen molar-refractivity contribution in [2.24, 2.45) is 0 Å². The molecule has 1 aromatic heterocycles. The summed E-state index contributed by atoms with van der Waals surface area (Å²) in [5, 5.41) is 0. The van der Waals surface area contributed by atoms with E-state index in [-0.39, 0.29) is 11.3 Å². The van der Waals surface area contributed by atoms with Crippen molar-refractivity contribution in [1.82, 2.24) is 4.57 Å². The summed E-state index contributed by atoms with van der Waals surface area (Å²) >= 11 is 0. The van der Waals surface area contributed by atoms with Crippen molar-refractivity contribution < 1.29 is 4.79 Å². The van der Waals surface area contributed by atoms with E-state index < -0.39 is 0 Å². The zero-order valence-corrected chi connectivity index (χ0v) is 10.7. The molecule has 0 bridgehead atoms. The molecule has 0 aliphatic carbocycles. The standard InChI is InChI=1S/C14H19NO2/c1-5-8-12-11(6-2)13(16)9-10(4)15(12)14(17)7-3/h7,9H,3,5-6,8H2,1-2,4H3. The zero-order valence-electron chi connectivity index (χ0n) is 10.7. The first-order chi connectivity index (χ1) is 8.06. The van der Waals surface area contributed by atoms with Crippen molar-refractivity contribution in [3.63, 3.8) is 0 Å². The van der Waals surface area contributed by atoms with E-state index in [1.165, 1.54) is 12.1 Å². The van der Waals surface area contributed by atoms with Crippen LogP contribution >= 0.6 is 0 Å². The van der Waals surface area contributed by atoms with Crippen molar-refractivity contribution in [2.75, 3.05) is 0 Å². The molecule has 0 aromatic carbocycles. The molecule has 1 rings (SSSR count). The lowest BCUT2D eigenvalue weighted by Gasteiger charge is -2.16.